The lowest BCUT2D eigenvalue weighted by molar-refractivity contribution is -0.132. The van der Waals surface area contributed by atoms with E-state index in [1.807, 2.05) is 53.4 Å². The van der Waals surface area contributed by atoms with E-state index in [9.17, 15) is 9.59 Å². The molecule has 2 aromatic rings. The van der Waals surface area contributed by atoms with Gasteiger partial charge >= 0.3 is 0 Å². The van der Waals surface area contributed by atoms with E-state index in [4.69, 9.17) is 5.73 Å². The lowest BCUT2D eigenvalue weighted by Gasteiger charge is -2.26. The smallest absolute Gasteiger partial charge is 0.251 e. The molecule has 0 aliphatic carbocycles. The van der Waals surface area contributed by atoms with Crippen molar-refractivity contribution in [3.05, 3.63) is 71.8 Å². The van der Waals surface area contributed by atoms with E-state index in [1.165, 1.54) is 0 Å². The van der Waals surface area contributed by atoms with E-state index in [-0.39, 0.29) is 23.9 Å². The van der Waals surface area contributed by atoms with Gasteiger partial charge in [0.1, 0.15) is 0 Å². The summed E-state index contributed by atoms with van der Waals surface area (Å²) >= 11 is 0. The predicted octanol–water partition coefficient (Wildman–Crippen LogP) is 2.37. The molecule has 0 bridgehead atoms. The number of benzene rings is 2. The highest BCUT2D eigenvalue weighted by atomic mass is 16.2. The molecule has 1 saturated heterocycles. The van der Waals surface area contributed by atoms with E-state index in [2.05, 4.69) is 5.32 Å². The fourth-order valence-corrected chi connectivity index (χ4v) is 3.61. The van der Waals surface area contributed by atoms with Gasteiger partial charge < -0.3 is 16.0 Å². The minimum atomic E-state index is -0.194. The maximum Gasteiger partial charge on any atom is 0.251 e. The largest absolute Gasteiger partial charge is 0.350 e. The van der Waals surface area contributed by atoms with Crippen LogP contribution in [-0.4, -0.2) is 41.9 Å². The Morgan fingerprint density at radius 3 is 2.44 bits per heavy atom. The van der Waals surface area contributed by atoms with Crippen LogP contribution >= 0.6 is 0 Å². The van der Waals surface area contributed by atoms with Crippen molar-refractivity contribution in [2.75, 3.05) is 13.1 Å². The Bertz CT molecular complexity index is 749. The highest BCUT2D eigenvalue weighted by Gasteiger charge is 2.29. The van der Waals surface area contributed by atoms with Gasteiger partial charge in [-0.25, -0.2) is 0 Å². The monoisotopic (exact) mass is 365 g/mol. The normalized spacial score (nSPS) is 17.5. The fraction of sp³-hybridized carbons (Fsp3) is 0.364. The van der Waals surface area contributed by atoms with Crippen molar-refractivity contribution in [3.8, 4) is 0 Å². The van der Waals surface area contributed by atoms with Gasteiger partial charge in [-0.2, -0.15) is 0 Å². The zero-order chi connectivity index (χ0) is 19.1. The second-order valence-corrected chi connectivity index (χ2v) is 7.11. The molecule has 3 N–H and O–H groups in total. The molecule has 5 nitrogen and oxygen atoms in total. The zero-order valence-electron chi connectivity index (χ0n) is 15.5. The summed E-state index contributed by atoms with van der Waals surface area (Å²) in [6.07, 6.45) is 2.90. The molecule has 142 valence electrons. The fourth-order valence-electron chi connectivity index (χ4n) is 3.61. The second-order valence-electron chi connectivity index (χ2n) is 7.11. The van der Waals surface area contributed by atoms with Crippen molar-refractivity contribution >= 4 is 11.8 Å². The van der Waals surface area contributed by atoms with Crippen LogP contribution in [0, 0.1) is 0 Å². The van der Waals surface area contributed by atoms with Gasteiger partial charge in [-0.3, -0.25) is 9.59 Å². The number of hydrogen-bond acceptors (Lipinski definition) is 3. The summed E-state index contributed by atoms with van der Waals surface area (Å²) in [5.74, 6) is -0.0226. The van der Waals surface area contributed by atoms with Crippen molar-refractivity contribution in [3.63, 3.8) is 0 Å². The number of rotatable bonds is 7. The molecule has 2 aromatic carbocycles. The van der Waals surface area contributed by atoms with Crippen LogP contribution in [-0.2, 0) is 11.2 Å². The summed E-state index contributed by atoms with van der Waals surface area (Å²) in [6, 6.07) is 19.0. The molecule has 0 saturated carbocycles. The van der Waals surface area contributed by atoms with Gasteiger partial charge in [-0.05, 0) is 37.0 Å². The van der Waals surface area contributed by atoms with Crippen LogP contribution in [0.2, 0.25) is 0 Å². The first-order valence-electron chi connectivity index (χ1n) is 9.55. The third kappa shape index (κ3) is 5.41. The van der Waals surface area contributed by atoms with Crippen LogP contribution in [0.4, 0.5) is 0 Å². The molecule has 2 atom stereocenters. The van der Waals surface area contributed by atoms with Gasteiger partial charge in [0.2, 0.25) is 5.91 Å². The number of nitrogens with two attached hydrogens (primary N) is 1. The highest BCUT2D eigenvalue weighted by molar-refractivity contribution is 5.94. The number of carbonyl (C=O) groups excluding carboxylic acids is 2. The number of amides is 2. The Kier molecular flexibility index (Phi) is 6.60. The average molecular weight is 365 g/mol. The Morgan fingerprint density at radius 2 is 1.74 bits per heavy atom. The first kappa shape index (κ1) is 19.1. The summed E-state index contributed by atoms with van der Waals surface area (Å²) in [4.78, 5) is 26.8. The van der Waals surface area contributed by atoms with Crippen molar-refractivity contribution in [2.24, 2.45) is 5.73 Å². The lowest BCUT2D eigenvalue weighted by atomic mass is 10.0. The minimum Gasteiger partial charge on any atom is -0.350 e. The van der Waals surface area contributed by atoms with Crippen LogP contribution in [0.3, 0.4) is 0 Å². The minimum absolute atomic E-state index is 0.0501. The molecule has 0 radical (unpaired) electrons. The van der Waals surface area contributed by atoms with E-state index in [0.29, 0.717) is 24.9 Å². The van der Waals surface area contributed by atoms with Crippen molar-refractivity contribution in [2.45, 2.75) is 37.8 Å². The summed E-state index contributed by atoms with van der Waals surface area (Å²) in [6.45, 7) is 1.22. The van der Waals surface area contributed by atoms with Crippen LogP contribution in [0.1, 0.15) is 35.2 Å². The maximum atomic E-state index is 12.7. The molecular formula is C22H27N3O2. The Balaban J connectivity index is 1.49. The molecule has 1 heterocycles. The first-order valence-corrected chi connectivity index (χ1v) is 9.55. The molecule has 5 heteroatoms. The summed E-state index contributed by atoms with van der Waals surface area (Å²) in [5, 5.41) is 2.95. The SMILES string of the molecule is N[C@@H](CC(=O)N1CCC[C@H]1CNC(=O)c1ccccc1)Cc1ccccc1. The number of carbonyl (C=O) groups is 2. The van der Waals surface area contributed by atoms with Crippen LogP contribution in [0.25, 0.3) is 0 Å². The van der Waals surface area contributed by atoms with E-state index < -0.39 is 0 Å². The lowest BCUT2D eigenvalue weighted by Crippen LogP contribution is -2.44. The number of nitrogens with zero attached hydrogens (tertiary/aromatic N) is 1. The van der Waals surface area contributed by atoms with Crippen LogP contribution in [0.15, 0.2) is 60.7 Å². The van der Waals surface area contributed by atoms with Gasteiger partial charge in [-0.1, -0.05) is 48.5 Å². The predicted molar refractivity (Wildman–Crippen MR) is 106 cm³/mol. The number of likely N-dealkylation sites (tertiary alicyclic amines) is 1. The molecule has 3 rings (SSSR count). The molecule has 1 aliphatic rings. The van der Waals surface area contributed by atoms with Crippen molar-refractivity contribution < 1.29 is 9.59 Å². The van der Waals surface area contributed by atoms with E-state index in [1.54, 1.807) is 12.1 Å². The summed E-state index contributed by atoms with van der Waals surface area (Å²) in [7, 11) is 0. The molecule has 0 aromatic heterocycles. The van der Waals surface area contributed by atoms with Crippen LogP contribution in [0.5, 0.6) is 0 Å². The Labute approximate surface area is 160 Å². The number of nitrogens with one attached hydrogen (secondary N) is 1. The maximum absolute atomic E-state index is 12.7. The molecule has 2 amide bonds. The third-order valence-electron chi connectivity index (χ3n) is 5.01. The standard InChI is InChI=1S/C22H27N3O2/c23-19(14-17-8-3-1-4-9-17)15-21(26)25-13-7-12-20(25)16-24-22(27)18-10-5-2-6-11-18/h1-6,8-11,19-20H,7,12-16,23H2,(H,24,27)/t19-,20+/m1/s1. The molecular weight excluding hydrogens is 338 g/mol. The van der Waals surface area contributed by atoms with Crippen molar-refractivity contribution in [1.29, 1.82) is 0 Å². The molecule has 0 spiro atoms. The molecule has 1 fully saturated rings. The topological polar surface area (TPSA) is 75.4 Å². The van der Waals surface area contributed by atoms with E-state index >= 15 is 0 Å². The zero-order valence-corrected chi connectivity index (χ0v) is 15.5. The van der Waals surface area contributed by atoms with Crippen LogP contribution < -0.4 is 11.1 Å². The number of hydrogen-bond donors (Lipinski definition) is 2. The van der Waals surface area contributed by atoms with E-state index in [0.717, 1.165) is 24.9 Å². The molecule has 0 unspecified atom stereocenters. The van der Waals surface area contributed by atoms with Gasteiger partial charge in [0.05, 0.1) is 0 Å². The van der Waals surface area contributed by atoms with Gasteiger partial charge in [0, 0.05) is 37.2 Å². The summed E-state index contributed by atoms with van der Waals surface area (Å²) in [5.41, 5.74) is 7.98. The Hall–Kier alpha value is -2.66. The highest BCUT2D eigenvalue weighted by Crippen LogP contribution is 2.19. The summed E-state index contributed by atoms with van der Waals surface area (Å²) < 4.78 is 0. The molecule has 1 aliphatic heterocycles. The van der Waals surface area contributed by atoms with Gasteiger partial charge in [-0.15, -0.1) is 0 Å². The third-order valence-corrected chi connectivity index (χ3v) is 5.01. The first-order chi connectivity index (χ1) is 13.1. The molecule has 27 heavy (non-hydrogen) atoms. The second kappa shape index (κ2) is 9.33. The van der Waals surface area contributed by atoms with Gasteiger partial charge in [0.25, 0.3) is 5.91 Å². The van der Waals surface area contributed by atoms with Gasteiger partial charge in [0.15, 0.2) is 0 Å². The Morgan fingerprint density at radius 1 is 1.07 bits per heavy atom. The van der Waals surface area contributed by atoms with Crippen molar-refractivity contribution in [1.82, 2.24) is 10.2 Å². The average Bonchev–Trinajstić information content (AvgIpc) is 3.16. The quantitative estimate of drug-likeness (QED) is 0.791.